The molecule has 0 unspecified atom stereocenters. The van der Waals surface area contributed by atoms with Crippen LogP contribution in [-0.4, -0.2) is 43.8 Å². The molecule has 2 amide bonds. The van der Waals surface area contributed by atoms with E-state index in [-0.39, 0.29) is 29.1 Å². The van der Waals surface area contributed by atoms with Crippen molar-refractivity contribution in [3.8, 4) is 0 Å². The minimum Gasteiger partial charge on any atom is -0.352 e. The van der Waals surface area contributed by atoms with E-state index >= 15 is 0 Å². The lowest BCUT2D eigenvalue weighted by Crippen LogP contribution is -2.53. The van der Waals surface area contributed by atoms with Crippen molar-refractivity contribution < 1.29 is 18.0 Å². The van der Waals surface area contributed by atoms with Gasteiger partial charge < -0.3 is 10.2 Å². The van der Waals surface area contributed by atoms with Gasteiger partial charge in [0, 0.05) is 17.6 Å². The van der Waals surface area contributed by atoms with Gasteiger partial charge in [0.05, 0.1) is 20.6 Å². The van der Waals surface area contributed by atoms with E-state index in [1.807, 2.05) is 13.8 Å². The number of aryl methyl sites for hydroxylation is 1. The zero-order valence-electron chi connectivity index (χ0n) is 23.5. The van der Waals surface area contributed by atoms with Crippen LogP contribution < -0.4 is 9.62 Å². The normalized spacial score (nSPS) is 14.4. The van der Waals surface area contributed by atoms with Gasteiger partial charge in [-0.25, -0.2) is 8.42 Å². The number of nitrogens with one attached hydrogen (secondary N) is 1. The summed E-state index contributed by atoms with van der Waals surface area (Å²) in [7, 11) is -4.18. The van der Waals surface area contributed by atoms with Crippen molar-refractivity contribution in [2.24, 2.45) is 0 Å². The molecule has 1 saturated carbocycles. The number of hydrogen-bond acceptors (Lipinski definition) is 4. The third-order valence-electron chi connectivity index (χ3n) is 7.41. The highest BCUT2D eigenvalue weighted by molar-refractivity contribution is 7.92. The minimum atomic E-state index is -4.18. The molecule has 0 radical (unpaired) electrons. The van der Waals surface area contributed by atoms with E-state index < -0.39 is 28.5 Å². The lowest BCUT2D eigenvalue weighted by Gasteiger charge is -2.34. The van der Waals surface area contributed by atoms with Crippen molar-refractivity contribution in [1.29, 1.82) is 0 Å². The van der Waals surface area contributed by atoms with E-state index in [2.05, 4.69) is 5.32 Å². The lowest BCUT2D eigenvalue weighted by atomic mass is 10.1. The largest absolute Gasteiger partial charge is 0.352 e. The van der Waals surface area contributed by atoms with Crippen LogP contribution in [0.1, 0.15) is 50.2 Å². The van der Waals surface area contributed by atoms with Gasteiger partial charge in [-0.2, -0.15) is 0 Å². The van der Waals surface area contributed by atoms with Crippen LogP contribution in [0.5, 0.6) is 0 Å². The first-order valence-corrected chi connectivity index (χ1v) is 16.5. The number of amides is 2. The first-order chi connectivity index (χ1) is 20.0. The summed E-state index contributed by atoms with van der Waals surface area (Å²) in [6, 6.07) is 16.9. The topological polar surface area (TPSA) is 86.8 Å². The Bertz CT molecular complexity index is 1530. The second kappa shape index (κ2) is 14.1. The molecule has 1 atom stereocenters. The van der Waals surface area contributed by atoms with E-state index in [4.69, 9.17) is 34.8 Å². The van der Waals surface area contributed by atoms with Gasteiger partial charge in [-0.05, 0) is 74.2 Å². The maximum atomic E-state index is 14.2. The van der Waals surface area contributed by atoms with Gasteiger partial charge in [-0.1, -0.05) is 84.4 Å². The van der Waals surface area contributed by atoms with Crippen molar-refractivity contribution in [2.45, 2.75) is 69.5 Å². The molecule has 42 heavy (non-hydrogen) atoms. The van der Waals surface area contributed by atoms with Gasteiger partial charge in [0.1, 0.15) is 12.6 Å². The molecule has 3 aromatic carbocycles. The smallest absolute Gasteiger partial charge is 0.264 e. The van der Waals surface area contributed by atoms with Crippen molar-refractivity contribution in [1.82, 2.24) is 10.2 Å². The van der Waals surface area contributed by atoms with Crippen molar-refractivity contribution in [3.63, 3.8) is 0 Å². The summed E-state index contributed by atoms with van der Waals surface area (Å²) in [4.78, 5) is 29.2. The summed E-state index contributed by atoms with van der Waals surface area (Å²) in [5.74, 6) is -0.821. The summed E-state index contributed by atoms with van der Waals surface area (Å²) >= 11 is 18.6. The van der Waals surface area contributed by atoms with Crippen LogP contribution in [0.3, 0.4) is 0 Å². The van der Waals surface area contributed by atoms with Crippen molar-refractivity contribution >= 4 is 62.3 Å². The Labute approximate surface area is 262 Å². The summed E-state index contributed by atoms with van der Waals surface area (Å²) in [6.07, 6.45) is 4.19. The highest BCUT2D eigenvalue weighted by Gasteiger charge is 2.34. The summed E-state index contributed by atoms with van der Waals surface area (Å²) in [6.45, 7) is 3.16. The van der Waals surface area contributed by atoms with Crippen LogP contribution in [0.25, 0.3) is 0 Å². The van der Waals surface area contributed by atoms with E-state index in [1.54, 1.807) is 48.5 Å². The van der Waals surface area contributed by atoms with Gasteiger partial charge in [0.25, 0.3) is 10.0 Å². The molecule has 1 aliphatic carbocycles. The molecular weight excluding hydrogens is 617 g/mol. The van der Waals surface area contributed by atoms with Crippen LogP contribution in [-0.2, 0) is 26.2 Å². The molecule has 0 saturated heterocycles. The molecule has 1 aliphatic rings. The fraction of sp³-hybridized carbons (Fsp3) is 0.355. The SMILES string of the molecule is CC[C@H](C(=O)NC1CCCC1)N(Cc1ccc(Cl)c(Cl)c1)C(=O)CN(c1cccc(Cl)c1)S(=O)(=O)c1ccc(C)cc1. The van der Waals surface area contributed by atoms with E-state index in [9.17, 15) is 18.0 Å². The van der Waals surface area contributed by atoms with Gasteiger partial charge in [-0.3, -0.25) is 13.9 Å². The Morgan fingerprint density at radius 3 is 2.26 bits per heavy atom. The molecule has 3 aromatic rings. The average molecular weight is 651 g/mol. The zero-order valence-corrected chi connectivity index (χ0v) is 26.6. The van der Waals surface area contributed by atoms with E-state index in [1.165, 1.54) is 23.1 Å². The number of anilines is 1. The third-order valence-corrected chi connectivity index (χ3v) is 10.2. The van der Waals surface area contributed by atoms with Crippen LogP contribution in [0.2, 0.25) is 15.1 Å². The number of halogens is 3. The Morgan fingerprint density at radius 1 is 0.952 bits per heavy atom. The Balaban J connectivity index is 1.73. The summed E-state index contributed by atoms with van der Waals surface area (Å²) in [5.41, 5.74) is 1.78. The van der Waals surface area contributed by atoms with Gasteiger partial charge in [0.15, 0.2) is 0 Å². The molecule has 1 N–H and O–H groups in total. The maximum Gasteiger partial charge on any atom is 0.264 e. The Morgan fingerprint density at radius 2 is 1.64 bits per heavy atom. The lowest BCUT2D eigenvalue weighted by molar-refractivity contribution is -0.140. The number of carbonyl (C=O) groups is 2. The van der Waals surface area contributed by atoms with Gasteiger partial charge in [-0.15, -0.1) is 0 Å². The molecule has 7 nitrogen and oxygen atoms in total. The van der Waals surface area contributed by atoms with Crippen molar-refractivity contribution in [3.05, 3.63) is 92.9 Å². The maximum absolute atomic E-state index is 14.2. The molecule has 0 heterocycles. The number of hydrogen-bond donors (Lipinski definition) is 1. The molecule has 1 fully saturated rings. The minimum absolute atomic E-state index is 0.0281. The Kier molecular flexibility index (Phi) is 10.8. The van der Waals surface area contributed by atoms with Crippen LogP contribution in [0.15, 0.2) is 71.6 Å². The molecule has 224 valence electrons. The van der Waals surface area contributed by atoms with Crippen LogP contribution in [0, 0.1) is 6.92 Å². The van der Waals surface area contributed by atoms with Gasteiger partial charge >= 0.3 is 0 Å². The number of carbonyl (C=O) groups excluding carboxylic acids is 2. The number of nitrogens with zero attached hydrogens (tertiary/aromatic N) is 2. The molecule has 4 rings (SSSR count). The molecule has 0 spiro atoms. The molecule has 0 aromatic heterocycles. The fourth-order valence-corrected chi connectivity index (χ4v) is 7.03. The third kappa shape index (κ3) is 7.78. The standard InChI is InChI=1S/C31H34Cl3N3O4S/c1-3-29(31(39)35-24-8-4-5-9-24)36(19-22-13-16-27(33)28(34)17-22)30(38)20-37(25-10-6-7-23(32)18-25)42(40,41)26-14-11-21(2)12-15-26/h6-7,10-18,24,29H,3-5,8-9,19-20H2,1-2H3,(H,35,39)/t29-/m1/s1. The summed E-state index contributed by atoms with van der Waals surface area (Å²) < 4.78 is 29.0. The predicted molar refractivity (Wildman–Crippen MR) is 169 cm³/mol. The number of benzene rings is 3. The average Bonchev–Trinajstić information content (AvgIpc) is 3.46. The van der Waals surface area contributed by atoms with Gasteiger partial charge in [0.2, 0.25) is 11.8 Å². The highest BCUT2D eigenvalue weighted by atomic mass is 35.5. The number of rotatable bonds is 11. The zero-order chi connectivity index (χ0) is 30.4. The summed E-state index contributed by atoms with van der Waals surface area (Å²) in [5, 5.41) is 4.09. The second-order valence-electron chi connectivity index (χ2n) is 10.5. The molecular formula is C31H34Cl3N3O4S. The van der Waals surface area contributed by atoms with Crippen LogP contribution in [0.4, 0.5) is 5.69 Å². The quantitative estimate of drug-likeness (QED) is 0.242. The predicted octanol–water partition coefficient (Wildman–Crippen LogP) is 7.02. The monoisotopic (exact) mass is 649 g/mol. The molecule has 11 heteroatoms. The molecule has 0 aliphatic heterocycles. The second-order valence-corrected chi connectivity index (χ2v) is 13.6. The first-order valence-electron chi connectivity index (χ1n) is 13.9. The number of sulfonamides is 1. The first kappa shape index (κ1) is 32.1. The Hall–Kier alpha value is -2.78. The highest BCUT2D eigenvalue weighted by Crippen LogP contribution is 2.28. The van der Waals surface area contributed by atoms with Crippen LogP contribution >= 0.6 is 34.8 Å². The van der Waals surface area contributed by atoms with Crippen molar-refractivity contribution in [2.75, 3.05) is 10.8 Å². The fourth-order valence-electron chi connectivity index (χ4n) is 5.12. The van der Waals surface area contributed by atoms with E-state index in [0.29, 0.717) is 27.1 Å². The van der Waals surface area contributed by atoms with E-state index in [0.717, 1.165) is 35.6 Å². The molecule has 0 bridgehead atoms.